The van der Waals surface area contributed by atoms with Crippen molar-refractivity contribution in [3.05, 3.63) is 28.8 Å². The number of nitrogens with zero attached hydrogens (tertiary/aromatic N) is 1. The van der Waals surface area contributed by atoms with E-state index in [1.807, 2.05) is 6.07 Å². The van der Waals surface area contributed by atoms with Gasteiger partial charge in [-0.25, -0.2) is 13.2 Å². The van der Waals surface area contributed by atoms with E-state index in [0.717, 1.165) is 6.07 Å². The fourth-order valence-electron chi connectivity index (χ4n) is 1.33. The molecule has 0 amide bonds. The maximum atomic E-state index is 11.9. The number of unbranched alkanes of at least 4 members (excludes halogenated alkanes) is 1. The number of benzene rings is 1. The number of hydrogen-bond acceptors (Lipinski definition) is 4. The fraction of sp³-hybridized carbons (Fsp3) is 0.273. The molecule has 0 aliphatic rings. The summed E-state index contributed by atoms with van der Waals surface area (Å²) >= 11 is 5.76. The lowest BCUT2D eigenvalue weighted by Gasteiger charge is -2.06. The number of aromatic carboxylic acids is 1. The predicted octanol–water partition coefficient (Wildman–Crippen LogP) is 2.12. The highest BCUT2D eigenvalue weighted by atomic mass is 35.5. The number of sulfone groups is 1. The minimum atomic E-state index is -3.67. The Morgan fingerprint density at radius 3 is 2.67 bits per heavy atom. The van der Waals surface area contributed by atoms with Gasteiger partial charge in [0.15, 0.2) is 9.84 Å². The Hall–Kier alpha value is -1.58. The first-order chi connectivity index (χ1) is 8.38. The zero-order chi connectivity index (χ0) is 13.8. The molecule has 0 aliphatic carbocycles. The summed E-state index contributed by atoms with van der Waals surface area (Å²) in [5.74, 6) is -1.45. The van der Waals surface area contributed by atoms with Gasteiger partial charge < -0.3 is 5.11 Å². The van der Waals surface area contributed by atoms with Crippen molar-refractivity contribution in [3.8, 4) is 6.07 Å². The molecule has 0 bridgehead atoms. The van der Waals surface area contributed by atoms with Gasteiger partial charge in [-0.15, -0.1) is 0 Å². The van der Waals surface area contributed by atoms with Gasteiger partial charge in [0, 0.05) is 6.42 Å². The summed E-state index contributed by atoms with van der Waals surface area (Å²) in [4.78, 5) is 10.6. The smallest absolute Gasteiger partial charge is 0.335 e. The van der Waals surface area contributed by atoms with Gasteiger partial charge in [0.1, 0.15) is 0 Å². The highest BCUT2D eigenvalue weighted by Crippen LogP contribution is 2.24. The molecule has 0 aliphatic heterocycles. The summed E-state index contributed by atoms with van der Waals surface area (Å²) in [5.41, 5.74) is -0.141. The largest absolute Gasteiger partial charge is 0.478 e. The summed E-state index contributed by atoms with van der Waals surface area (Å²) in [6, 6.07) is 5.35. The Balaban J connectivity index is 3.12. The van der Waals surface area contributed by atoms with E-state index in [0.29, 0.717) is 0 Å². The van der Waals surface area contributed by atoms with E-state index < -0.39 is 15.8 Å². The predicted molar refractivity (Wildman–Crippen MR) is 65.3 cm³/mol. The van der Waals surface area contributed by atoms with Crippen molar-refractivity contribution in [2.45, 2.75) is 17.7 Å². The second kappa shape index (κ2) is 5.85. The zero-order valence-corrected chi connectivity index (χ0v) is 10.8. The molecule has 0 saturated heterocycles. The van der Waals surface area contributed by atoms with Crippen LogP contribution in [0.3, 0.4) is 0 Å². The van der Waals surface area contributed by atoms with Gasteiger partial charge in [-0.1, -0.05) is 11.6 Å². The van der Waals surface area contributed by atoms with Crippen LogP contribution in [0.2, 0.25) is 5.02 Å². The minimum Gasteiger partial charge on any atom is -0.478 e. The van der Waals surface area contributed by atoms with Gasteiger partial charge in [-0.05, 0) is 24.6 Å². The van der Waals surface area contributed by atoms with Crippen molar-refractivity contribution in [1.29, 1.82) is 5.26 Å². The van der Waals surface area contributed by atoms with Gasteiger partial charge >= 0.3 is 5.97 Å². The normalized spacial score (nSPS) is 10.9. The summed E-state index contributed by atoms with van der Waals surface area (Å²) < 4.78 is 23.8. The summed E-state index contributed by atoms with van der Waals surface area (Å²) in [7, 11) is -3.67. The highest BCUT2D eigenvalue weighted by molar-refractivity contribution is 7.91. The molecule has 1 aromatic rings. The molecular formula is C11H10ClNO4S. The van der Waals surface area contributed by atoms with E-state index in [4.69, 9.17) is 22.0 Å². The van der Waals surface area contributed by atoms with E-state index in [1.54, 1.807) is 0 Å². The molecule has 0 aromatic heterocycles. The molecule has 7 heteroatoms. The Kier molecular flexibility index (Phi) is 4.70. The van der Waals surface area contributed by atoms with E-state index >= 15 is 0 Å². The third-order valence-electron chi connectivity index (χ3n) is 2.21. The first kappa shape index (κ1) is 14.5. The third kappa shape index (κ3) is 3.45. The maximum Gasteiger partial charge on any atom is 0.335 e. The molecule has 0 radical (unpaired) electrons. The number of rotatable bonds is 5. The lowest BCUT2D eigenvalue weighted by molar-refractivity contribution is 0.0696. The first-order valence-electron chi connectivity index (χ1n) is 5.01. The lowest BCUT2D eigenvalue weighted by Crippen LogP contribution is -2.09. The molecule has 18 heavy (non-hydrogen) atoms. The first-order valence-corrected chi connectivity index (χ1v) is 7.04. The van der Waals surface area contributed by atoms with Gasteiger partial charge in [0.25, 0.3) is 0 Å². The van der Waals surface area contributed by atoms with Crippen LogP contribution in [0, 0.1) is 11.3 Å². The number of carboxylic acid groups (broad SMARTS) is 1. The van der Waals surface area contributed by atoms with Crippen LogP contribution in [-0.2, 0) is 9.84 Å². The van der Waals surface area contributed by atoms with Crippen molar-refractivity contribution >= 4 is 27.4 Å². The second-order valence-corrected chi connectivity index (χ2v) is 6.02. The average molecular weight is 288 g/mol. The van der Waals surface area contributed by atoms with Crippen molar-refractivity contribution < 1.29 is 18.3 Å². The third-order valence-corrected chi connectivity index (χ3v) is 4.49. The standard InChI is InChI=1S/C11H10ClNO4S/c12-9-4-3-8(11(14)15)7-10(9)18(16,17)6-2-1-5-13/h3-4,7H,1-2,6H2,(H,14,15). The van der Waals surface area contributed by atoms with Gasteiger partial charge in [0.2, 0.25) is 0 Å². The van der Waals surface area contributed by atoms with Crippen LogP contribution in [0.15, 0.2) is 23.1 Å². The monoisotopic (exact) mass is 287 g/mol. The number of hydrogen-bond donors (Lipinski definition) is 1. The molecule has 1 aromatic carbocycles. The fourth-order valence-corrected chi connectivity index (χ4v) is 3.21. The SMILES string of the molecule is N#CCCCS(=O)(=O)c1cc(C(=O)O)ccc1Cl. The highest BCUT2D eigenvalue weighted by Gasteiger charge is 2.19. The molecule has 0 saturated carbocycles. The van der Waals surface area contributed by atoms with Crippen molar-refractivity contribution in [2.24, 2.45) is 0 Å². The second-order valence-electron chi connectivity index (χ2n) is 3.53. The van der Waals surface area contributed by atoms with Crippen molar-refractivity contribution in [3.63, 3.8) is 0 Å². The van der Waals surface area contributed by atoms with Crippen LogP contribution >= 0.6 is 11.6 Å². The molecule has 5 nitrogen and oxygen atoms in total. The summed E-state index contributed by atoms with van der Waals surface area (Å²) in [6.45, 7) is 0. The van der Waals surface area contributed by atoms with Crippen LogP contribution in [0.25, 0.3) is 0 Å². The molecule has 1 rings (SSSR count). The number of carboxylic acids is 1. The maximum absolute atomic E-state index is 11.9. The average Bonchev–Trinajstić information content (AvgIpc) is 2.29. The molecule has 1 N–H and O–H groups in total. The summed E-state index contributed by atoms with van der Waals surface area (Å²) in [5, 5.41) is 17.1. The quantitative estimate of drug-likeness (QED) is 0.837. The lowest BCUT2D eigenvalue weighted by atomic mass is 10.2. The minimum absolute atomic E-state index is 0.0167. The van der Waals surface area contributed by atoms with E-state index in [1.165, 1.54) is 12.1 Å². The van der Waals surface area contributed by atoms with Crippen molar-refractivity contribution in [1.82, 2.24) is 0 Å². The number of halogens is 1. The number of carbonyl (C=O) groups is 1. The molecular weight excluding hydrogens is 278 g/mol. The van der Waals surface area contributed by atoms with E-state index in [-0.39, 0.29) is 34.1 Å². The molecule has 0 heterocycles. The van der Waals surface area contributed by atoms with E-state index in [9.17, 15) is 13.2 Å². The summed E-state index contributed by atoms with van der Waals surface area (Å²) in [6.07, 6.45) is 0.307. The van der Waals surface area contributed by atoms with Crippen LogP contribution < -0.4 is 0 Å². The molecule has 96 valence electrons. The Morgan fingerprint density at radius 1 is 1.44 bits per heavy atom. The van der Waals surface area contributed by atoms with E-state index in [2.05, 4.69) is 0 Å². The van der Waals surface area contributed by atoms with Crippen LogP contribution in [0.5, 0.6) is 0 Å². The number of nitriles is 1. The van der Waals surface area contributed by atoms with Crippen LogP contribution in [-0.4, -0.2) is 25.2 Å². The molecule has 0 unspecified atom stereocenters. The zero-order valence-electron chi connectivity index (χ0n) is 9.26. The Morgan fingerprint density at radius 2 is 2.11 bits per heavy atom. The molecule has 0 spiro atoms. The van der Waals surface area contributed by atoms with Crippen LogP contribution in [0.4, 0.5) is 0 Å². The van der Waals surface area contributed by atoms with Gasteiger partial charge in [-0.3, -0.25) is 0 Å². The molecule has 0 fully saturated rings. The van der Waals surface area contributed by atoms with Gasteiger partial charge in [-0.2, -0.15) is 5.26 Å². The Bertz CT molecular complexity index is 604. The Labute approximate surface area is 110 Å². The van der Waals surface area contributed by atoms with Crippen molar-refractivity contribution in [2.75, 3.05) is 5.75 Å². The van der Waals surface area contributed by atoms with Gasteiger partial charge in [0.05, 0.1) is 27.3 Å². The molecule has 0 atom stereocenters. The van der Waals surface area contributed by atoms with Crippen LogP contribution in [0.1, 0.15) is 23.2 Å². The topological polar surface area (TPSA) is 95.2 Å².